The molecule has 0 unspecified atom stereocenters. The lowest BCUT2D eigenvalue weighted by Gasteiger charge is -2.08. The largest absolute Gasteiger partial charge is 0.341 e. The van der Waals surface area contributed by atoms with Gasteiger partial charge in [-0.05, 0) is 61.0 Å². The van der Waals surface area contributed by atoms with E-state index >= 15 is 0 Å². The Hall–Kier alpha value is -4.44. The topological polar surface area (TPSA) is 46.5 Å². The van der Waals surface area contributed by atoms with Crippen molar-refractivity contribution in [2.75, 3.05) is 0 Å². The summed E-state index contributed by atoms with van der Waals surface area (Å²) in [5.74, 6) is 1.01. The first-order valence-corrected chi connectivity index (χ1v) is 11.0. The predicted molar refractivity (Wildman–Crippen MR) is 134 cm³/mol. The van der Waals surface area contributed by atoms with Gasteiger partial charge in [-0.15, -0.1) is 0 Å². The molecule has 4 heterocycles. The first-order valence-electron chi connectivity index (χ1n) is 11.0. The van der Waals surface area contributed by atoms with Gasteiger partial charge in [0.25, 0.3) is 0 Å². The predicted octanol–water partition coefficient (Wildman–Crippen LogP) is 7.06. The second-order valence-corrected chi connectivity index (χ2v) is 8.15. The van der Waals surface area contributed by atoms with Crippen molar-refractivity contribution in [1.82, 2.24) is 19.5 Å². The highest BCUT2D eigenvalue weighted by Crippen LogP contribution is 2.29. The van der Waals surface area contributed by atoms with Crippen LogP contribution in [0.15, 0.2) is 109 Å². The van der Waals surface area contributed by atoms with E-state index in [1.54, 1.807) is 0 Å². The first-order chi connectivity index (χ1) is 16.3. The van der Waals surface area contributed by atoms with Crippen LogP contribution in [0.1, 0.15) is 5.69 Å². The lowest BCUT2D eigenvalue weighted by molar-refractivity contribution is 0.993. The van der Waals surface area contributed by atoms with Crippen LogP contribution in [0.2, 0.25) is 0 Å². The molecule has 0 atom stereocenters. The van der Waals surface area contributed by atoms with Gasteiger partial charge in [-0.2, -0.15) is 0 Å². The van der Waals surface area contributed by atoms with E-state index in [-0.39, 0.29) is 0 Å². The van der Waals surface area contributed by atoms with E-state index in [1.165, 1.54) is 0 Å². The molecule has 158 valence electrons. The molecule has 0 radical (unpaired) electrons. The van der Waals surface area contributed by atoms with Crippen LogP contribution in [-0.4, -0.2) is 19.5 Å². The summed E-state index contributed by atoms with van der Waals surface area (Å²) in [6.07, 6.45) is 1.82. The second kappa shape index (κ2) is 7.92. The fourth-order valence-electron chi connectivity index (χ4n) is 4.34. The summed E-state index contributed by atoms with van der Waals surface area (Å²) < 4.78 is 2.19. The van der Waals surface area contributed by atoms with Gasteiger partial charge < -0.3 is 4.98 Å². The van der Waals surface area contributed by atoms with Gasteiger partial charge in [0.2, 0.25) is 0 Å². The van der Waals surface area contributed by atoms with Crippen molar-refractivity contribution in [3.05, 3.63) is 115 Å². The summed E-state index contributed by atoms with van der Waals surface area (Å²) in [4.78, 5) is 13.1. The summed E-state index contributed by atoms with van der Waals surface area (Å²) in [5, 5.41) is 1.12. The molecule has 0 bridgehead atoms. The van der Waals surface area contributed by atoms with Crippen molar-refractivity contribution in [3.8, 4) is 39.6 Å². The van der Waals surface area contributed by atoms with E-state index < -0.39 is 0 Å². The Labute approximate surface area is 192 Å². The molecule has 0 fully saturated rings. The highest BCUT2D eigenvalue weighted by molar-refractivity contribution is 5.83. The molecule has 0 aliphatic carbocycles. The van der Waals surface area contributed by atoms with Crippen molar-refractivity contribution in [2.45, 2.75) is 6.92 Å². The van der Waals surface area contributed by atoms with Gasteiger partial charge >= 0.3 is 0 Å². The van der Waals surface area contributed by atoms with Crippen molar-refractivity contribution < 1.29 is 0 Å². The standard InChI is InChI=1S/C29H22N4/c1-20-18-24-13-14-27(23-11-7-10-22(19-23)25-12-5-6-17-30-25)32-29(24)33(20)28-16-15-26(31-28)21-8-3-2-4-9-21/h2-19,31H,1H3. The van der Waals surface area contributed by atoms with Crippen molar-refractivity contribution in [3.63, 3.8) is 0 Å². The molecule has 0 amide bonds. The molecule has 4 nitrogen and oxygen atoms in total. The van der Waals surface area contributed by atoms with Crippen LogP contribution in [0.5, 0.6) is 0 Å². The monoisotopic (exact) mass is 426 g/mol. The minimum Gasteiger partial charge on any atom is -0.341 e. The van der Waals surface area contributed by atoms with Crippen LogP contribution in [0.3, 0.4) is 0 Å². The van der Waals surface area contributed by atoms with Crippen LogP contribution in [0, 0.1) is 6.92 Å². The number of hydrogen-bond donors (Lipinski definition) is 1. The number of nitrogens with zero attached hydrogens (tertiary/aromatic N) is 3. The smallest absolute Gasteiger partial charge is 0.146 e. The number of fused-ring (bicyclic) bond motifs is 1. The Morgan fingerprint density at radius 2 is 1.45 bits per heavy atom. The molecule has 0 aliphatic rings. The van der Waals surface area contributed by atoms with Crippen molar-refractivity contribution in [1.29, 1.82) is 0 Å². The lowest BCUT2D eigenvalue weighted by atomic mass is 10.0. The van der Waals surface area contributed by atoms with Gasteiger partial charge in [0.15, 0.2) is 0 Å². The molecule has 0 spiro atoms. The fraction of sp³-hybridized carbons (Fsp3) is 0.0345. The number of aryl methyl sites for hydroxylation is 1. The number of H-pyrrole nitrogens is 1. The molecule has 0 saturated carbocycles. The maximum Gasteiger partial charge on any atom is 0.146 e. The molecule has 4 heteroatoms. The highest BCUT2D eigenvalue weighted by atomic mass is 15.1. The summed E-state index contributed by atoms with van der Waals surface area (Å²) in [6.45, 7) is 2.12. The van der Waals surface area contributed by atoms with Gasteiger partial charge in [0, 0.05) is 34.1 Å². The van der Waals surface area contributed by atoms with E-state index in [2.05, 4.69) is 100 Å². The molecule has 2 aromatic carbocycles. The number of benzene rings is 2. The molecule has 6 aromatic rings. The van der Waals surface area contributed by atoms with E-state index in [1.807, 2.05) is 30.5 Å². The zero-order valence-electron chi connectivity index (χ0n) is 18.2. The van der Waals surface area contributed by atoms with Gasteiger partial charge in [-0.1, -0.05) is 54.6 Å². The molecular formula is C29H22N4. The third-order valence-corrected chi connectivity index (χ3v) is 5.95. The SMILES string of the molecule is Cc1cc2ccc(-c3cccc(-c4ccccn4)c3)nc2n1-c1ccc(-c2ccccc2)[nH]1. The molecule has 0 aliphatic heterocycles. The minimum absolute atomic E-state index is 0.939. The molecule has 33 heavy (non-hydrogen) atoms. The van der Waals surface area contributed by atoms with Crippen molar-refractivity contribution in [2.24, 2.45) is 0 Å². The van der Waals surface area contributed by atoms with Gasteiger partial charge in [-0.25, -0.2) is 4.98 Å². The van der Waals surface area contributed by atoms with E-state index in [4.69, 9.17) is 4.98 Å². The number of aromatic nitrogens is 4. The molecule has 6 rings (SSSR count). The maximum absolute atomic E-state index is 5.08. The minimum atomic E-state index is 0.939. The fourth-order valence-corrected chi connectivity index (χ4v) is 4.34. The van der Waals surface area contributed by atoms with Gasteiger partial charge in [0.05, 0.1) is 11.4 Å². The van der Waals surface area contributed by atoms with Gasteiger partial charge in [-0.3, -0.25) is 9.55 Å². The maximum atomic E-state index is 5.08. The molecule has 0 saturated heterocycles. The second-order valence-electron chi connectivity index (χ2n) is 8.15. The summed E-state index contributed by atoms with van der Waals surface area (Å²) in [6, 6.07) is 35.4. The van der Waals surface area contributed by atoms with E-state index in [0.717, 1.165) is 56.3 Å². The number of rotatable bonds is 4. The first kappa shape index (κ1) is 19.3. The summed E-state index contributed by atoms with van der Waals surface area (Å²) in [7, 11) is 0. The van der Waals surface area contributed by atoms with E-state index in [9.17, 15) is 0 Å². The number of nitrogens with one attached hydrogen (secondary N) is 1. The zero-order chi connectivity index (χ0) is 22.2. The van der Waals surface area contributed by atoms with Crippen LogP contribution in [0.4, 0.5) is 0 Å². The average Bonchev–Trinajstić information content (AvgIpc) is 3.48. The van der Waals surface area contributed by atoms with Crippen LogP contribution in [0.25, 0.3) is 50.6 Å². The Kier molecular flexibility index (Phi) is 4.62. The number of hydrogen-bond acceptors (Lipinski definition) is 2. The van der Waals surface area contributed by atoms with Crippen LogP contribution in [-0.2, 0) is 0 Å². The Balaban J connectivity index is 1.44. The van der Waals surface area contributed by atoms with Crippen LogP contribution < -0.4 is 0 Å². The normalized spacial score (nSPS) is 11.2. The highest BCUT2D eigenvalue weighted by Gasteiger charge is 2.13. The van der Waals surface area contributed by atoms with Crippen LogP contribution >= 0.6 is 0 Å². The number of aromatic amines is 1. The van der Waals surface area contributed by atoms with Gasteiger partial charge in [0.1, 0.15) is 11.5 Å². The van der Waals surface area contributed by atoms with Crippen molar-refractivity contribution >= 4 is 11.0 Å². The molecule has 1 N–H and O–H groups in total. The number of pyridine rings is 2. The lowest BCUT2D eigenvalue weighted by Crippen LogP contribution is -1.99. The Bertz CT molecular complexity index is 1560. The quantitative estimate of drug-likeness (QED) is 0.328. The summed E-state index contributed by atoms with van der Waals surface area (Å²) in [5.41, 5.74) is 8.38. The van der Waals surface area contributed by atoms with E-state index in [0.29, 0.717) is 0 Å². The summed E-state index contributed by atoms with van der Waals surface area (Å²) >= 11 is 0. The zero-order valence-corrected chi connectivity index (χ0v) is 18.2. The third-order valence-electron chi connectivity index (χ3n) is 5.95. The molecule has 4 aromatic heterocycles. The average molecular weight is 427 g/mol. The Morgan fingerprint density at radius 1 is 0.667 bits per heavy atom. The Morgan fingerprint density at radius 3 is 2.27 bits per heavy atom. The third kappa shape index (κ3) is 3.52. The molecular weight excluding hydrogens is 404 g/mol.